The summed E-state index contributed by atoms with van der Waals surface area (Å²) >= 11 is 1.28. The number of nitrogens with zero attached hydrogens (tertiary/aromatic N) is 2. The van der Waals surface area contributed by atoms with E-state index in [1.165, 1.54) is 28.5 Å². The van der Waals surface area contributed by atoms with Crippen molar-refractivity contribution in [3.63, 3.8) is 0 Å². The van der Waals surface area contributed by atoms with E-state index in [-0.39, 0.29) is 11.5 Å². The molecule has 134 valence electrons. The molecule has 26 heavy (non-hydrogen) atoms. The quantitative estimate of drug-likeness (QED) is 0.456. The van der Waals surface area contributed by atoms with Gasteiger partial charge in [0.05, 0.1) is 5.75 Å². The summed E-state index contributed by atoms with van der Waals surface area (Å²) in [5, 5.41) is 8.54. The molecule has 0 bridgehead atoms. The van der Waals surface area contributed by atoms with Crippen LogP contribution in [-0.4, -0.2) is 21.7 Å². The van der Waals surface area contributed by atoms with Crippen molar-refractivity contribution in [1.29, 1.82) is 0 Å². The van der Waals surface area contributed by atoms with Gasteiger partial charge in [-0.15, -0.1) is 10.2 Å². The second-order valence-electron chi connectivity index (χ2n) is 6.59. The second kappa shape index (κ2) is 7.46. The molecule has 0 aliphatic rings. The minimum Gasteiger partial charge on any atom is -0.411 e. The molecule has 0 saturated heterocycles. The largest absolute Gasteiger partial charge is 0.411 e. The Morgan fingerprint density at radius 3 is 2.35 bits per heavy atom. The molecular weight excluding hydrogens is 344 g/mol. The van der Waals surface area contributed by atoms with Crippen molar-refractivity contribution in [3.05, 3.63) is 63.7 Å². The predicted octanol–water partition coefficient (Wildman–Crippen LogP) is 5.25. The van der Waals surface area contributed by atoms with Crippen LogP contribution in [0.5, 0.6) is 0 Å². The number of Topliss-reactive ketones (excluding diaryl/α,β-unsaturated/α-hetero) is 1. The van der Waals surface area contributed by atoms with Crippen molar-refractivity contribution in [2.24, 2.45) is 0 Å². The van der Waals surface area contributed by atoms with Crippen molar-refractivity contribution in [2.75, 3.05) is 5.75 Å². The molecule has 0 N–H and O–H groups in total. The zero-order chi connectivity index (χ0) is 18.8. The van der Waals surface area contributed by atoms with Crippen LogP contribution in [0.2, 0.25) is 0 Å². The van der Waals surface area contributed by atoms with E-state index in [0.717, 1.165) is 22.3 Å². The van der Waals surface area contributed by atoms with Gasteiger partial charge in [0.25, 0.3) is 5.22 Å². The van der Waals surface area contributed by atoms with Crippen LogP contribution in [0.1, 0.15) is 38.2 Å². The Morgan fingerprint density at radius 2 is 1.65 bits per heavy atom. The smallest absolute Gasteiger partial charge is 0.277 e. The molecule has 0 atom stereocenters. The highest BCUT2D eigenvalue weighted by atomic mass is 32.2. The lowest BCUT2D eigenvalue weighted by Gasteiger charge is -2.13. The Balaban J connectivity index is 1.73. The fraction of sp³-hybridized carbons (Fsp3) is 0.286. The zero-order valence-electron chi connectivity index (χ0n) is 15.7. The van der Waals surface area contributed by atoms with Crippen LogP contribution in [0.25, 0.3) is 11.5 Å². The minimum atomic E-state index is 0.0863. The molecule has 0 aliphatic heterocycles. The number of hydrogen-bond acceptors (Lipinski definition) is 5. The molecule has 0 amide bonds. The zero-order valence-corrected chi connectivity index (χ0v) is 16.5. The van der Waals surface area contributed by atoms with Crippen LogP contribution in [0.15, 0.2) is 40.0 Å². The van der Waals surface area contributed by atoms with Gasteiger partial charge in [0, 0.05) is 11.1 Å². The van der Waals surface area contributed by atoms with E-state index >= 15 is 0 Å². The third kappa shape index (κ3) is 3.73. The highest BCUT2D eigenvalue weighted by Crippen LogP contribution is 2.26. The van der Waals surface area contributed by atoms with E-state index in [9.17, 15) is 4.79 Å². The maximum atomic E-state index is 12.7. The second-order valence-corrected chi connectivity index (χ2v) is 7.51. The normalized spacial score (nSPS) is 11.0. The van der Waals surface area contributed by atoms with Crippen molar-refractivity contribution in [3.8, 4) is 11.5 Å². The molecular formula is C21H22N2O2S. The van der Waals surface area contributed by atoms with Crippen LogP contribution in [-0.2, 0) is 0 Å². The van der Waals surface area contributed by atoms with E-state index in [0.29, 0.717) is 11.1 Å². The first-order valence-electron chi connectivity index (χ1n) is 8.50. The third-order valence-electron chi connectivity index (χ3n) is 4.67. The number of thioether (sulfide) groups is 1. The molecule has 5 heteroatoms. The molecule has 3 rings (SSSR count). The van der Waals surface area contributed by atoms with E-state index in [1.54, 1.807) is 0 Å². The maximum Gasteiger partial charge on any atom is 0.277 e. The lowest BCUT2D eigenvalue weighted by atomic mass is 9.92. The summed E-state index contributed by atoms with van der Waals surface area (Å²) in [6, 6.07) is 9.97. The van der Waals surface area contributed by atoms with Crippen LogP contribution < -0.4 is 0 Å². The van der Waals surface area contributed by atoms with Gasteiger partial charge < -0.3 is 4.42 Å². The van der Waals surface area contributed by atoms with Crippen molar-refractivity contribution in [1.82, 2.24) is 10.2 Å². The summed E-state index contributed by atoms with van der Waals surface area (Å²) < 4.78 is 5.69. The highest BCUT2D eigenvalue weighted by Gasteiger charge is 2.17. The van der Waals surface area contributed by atoms with Gasteiger partial charge in [-0.1, -0.05) is 35.5 Å². The lowest BCUT2D eigenvalue weighted by molar-refractivity contribution is 0.102. The molecule has 4 nitrogen and oxygen atoms in total. The number of benzene rings is 2. The maximum absolute atomic E-state index is 12.7. The average molecular weight is 366 g/mol. The van der Waals surface area contributed by atoms with Gasteiger partial charge in [-0.25, -0.2) is 0 Å². The van der Waals surface area contributed by atoms with Gasteiger partial charge in [-0.3, -0.25) is 4.79 Å². The molecule has 1 heterocycles. The van der Waals surface area contributed by atoms with E-state index < -0.39 is 0 Å². The van der Waals surface area contributed by atoms with E-state index in [2.05, 4.69) is 30.1 Å². The highest BCUT2D eigenvalue weighted by molar-refractivity contribution is 7.99. The Labute approximate surface area is 158 Å². The molecule has 3 aromatic rings. The Morgan fingerprint density at radius 1 is 0.962 bits per heavy atom. The SMILES string of the molecule is Cc1ccc(-c2nnc(SCC(=O)c3c(C)cc(C)c(C)c3C)o2)cc1. The number of carbonyl (C=O) groups is 1. The Hall–Kier alpha value is -2.40. The Kier molecular flexibility index (Phi) is 5.28. The summed E-state index contributed by atoms with van der Waals surface area (Å²) in [5.41, 5.74) is 7.31. The summed E-state index contributed by atoms with van der Waals surface area (Å²) in [6.45, 7) is 10.2. The van der Waals surface area contributed by atoms with E-state index in [4.69, 9.17) is 4.42 Å². The molecule has 0 fully saturated rings. The lowest BCUT2D eigenvalue weighted by Crippen LogP contribution is -2.09. The van der Waals surface area contributed by atoms with Crippen LogP contribution in [0.4, 0.5) is 0 Å². The summed E-state index contributed by atoms with van der Waals surface area (Å²) in [4.78, 5) is 12.7. The molecule has 0 aliphatic carbocycles. The van der Waals surface area contributed by atoms with Crippen LogP contribution >= 0.6 is 11.8 Å². The standard InChI is InChI=1S/C21H22N2O2S/c1-12-6-8-17(9-7-12)20-22-23-21(25-20)26-11-18(24)19-14(3)10-13(2)15(4)16(19)5/h6-10H,11H2,1-5H3. The molecule has 0 unspecified atom stereocenters. The fourth-order valence-corrected chi connectivity index (χ4v) is 3.63. The van der Waals surface area contributed by atoms with E-state index in [1.807, 2.05) is 45.0 Å². The van der Waals surface area contributed by atoms with Gasteiger partial charge in [-0.05, 0) is 69.0 Å². The first-order valence-corrected chi connectivity index (χ1v) is 9.49. The fourth-order valence-electron chi connectivity index (χ4n) is 2.99. The number of hydrogen-bond donors (Lipinski definition) is 0. The average Bonchev–Trinajstić information content (AvgIpc) is 3.07. The van der Waals surface area contributed by atoms with Gasteiger partial charge in [0.1, 0.15) is 0 Å². The van der Waals surface area contributed by atoms with Crippen LogP contribution in [0, 0.1) is 34.6 Å². The summed E-state index contributed by atoms with van der Waals surface area (Å²) in [5.74, 6) is 0.835. The number of aromatic nitrogens is 2. The molecule has 0 spiro atoms. The number of carbonyl (C=O) groups excluding carboxylic acids is 1. The molecule has 2 aromatic carbocycles. The Bertz CT molecular complexity index is 959. The topological polar surface area (TPSA) is 56.0 Å². The van der Waals surface area contributed by atoms with Gasteiger partial charge in [0.2, 0.25) is 5.89 Å². The molecule has 0 saturated carbocycles. The van der Waals surface area contributed by atoms with Crippen molar-refractivity contribution < 1.29 is 9.21 Å². The summed E-state index contributed by atoms with van der Waals surface area (Å²) in [7, 11) is 0. The summed E-state index contributed by atoms with van der Waals surface area (Å²) in [6.07, 6.45) is 0. The van der Waals surface area contributed by atoms with Crippen molar-refractivity contribution >= 4 is 17.5 Å². The monoisotopic (exact) mass is 366 g/mol. The predicted molar refractivity (Wildman–Crippen MR) is 105 cm³/mol. The number of aryl methyl sites for hydroxylation is 3. The van der Waals surface area contributed by atoms with Crippen molar-refractivity contribution in [2.45, 2.75) is 39.8 Å². The molecule has 0 radical (unpaired) electrons. The first-order chi connectivity index (χ1) is 12.4. The third-order valence-corrected chi connectivity index (χ3v) is 5.49. The first kappa shape index (κ1) is 18.4. The van der Waals surface area contributed by atoms with Crippen LogP contribution in [0.3, 0.4) is 0 Å². The number of rotatable bonds is 5. The number of ketones is 1. The van der Waals surface area contributed by atoms with Gasteiger partial charge in [0.15, 0.2) is 5.78 Å². The van der Waals surface area contributed by atoms with Gasteiger partial charge >= 0.3 is 0 Å². The van der Waals surface area contributed by atoms with Gasteiger partial charge in [-0.2, -0.15) is 0 Å². The molecule has 1 aromatic heterocycles. The minimum absolute atomic E-state index is 0.0863.